The van der Waals surface area contributed by atoms with E-state index in [0.717, 1.165) is 0 Å². The fourth-order valence-corrected chi connectivity index (χ4v) is 1.82. The third kappa shape index (κ3) is 3.02. The summed E-state index contributed by atoms with van der Waals surface area (Å²) in [4.78, 5) is 11.4. The van der Waals surface area contributed by atoms with Crippen molar-refractivity contribution in [2.75, 3.05) is 6.61 Å². The highest BCUT2D eigenvalue weighted by Crippen LogP contribution is 2.21. The van der Waals surface area contributed by atoms with Crippen LogP contribution in [0.3, 0.4) is 0 Å². The molecule has 0 N–H and O–H groups in total. The lowest BCUT2D eigenvalue weighted by atomic mass is 10.1. The average Bonchev–Trinajstić information content (AvgIpc) is 2.72. The molecule has 0 radical (unpaired) electrons. The van der Waals surface area contributed by atoms with Gasteiger partial charge in [-0.1, -0.05) is 22.8 Å². The van der Waals surface area contributed by atoms with Crippen molar-refractivity contribution in [1.29, 1.82) is 0 Å². The average molecular weight is 287 g/mol. The molecule has 0 saturated carbocycles. The van der Waals surface area contributed by atoms with Crippen LogP contribution in [-0.2, 0) is 17.9 Å². The molecule has 2 rings (SSSR count). The molecule has 0 bridgehead atoms. The van der Waals surface area contributed by atoms with E-state index >= 15 is 0 Å². The fourth-order valence-electron chi connectivity index (χ4n) is 1.59. The summed E-state index contributed by atoms with van der Waals surface area (Å²) in [7, 11) is 0. The number of nitrogens with zero attached hydrogens (tertiary/aromatic N) is 2. The van der Waals surface area contributed by atoms with Crippen LogP contribution in [0.25, 0.3) is 0 Å². The van der Waals surface area contributed by atoms with Crippen molar-refractivity contribution >= 4 is 11.6 Å². The van der Waals surface area contributed by atoms with E-state index < -0.39 is 11.6 Å². The molecular weight excluding hydrogens is 275 g/mol. The Bertz CT molecular complexity index is 603. The van der Waals surface area contributed by atoms with Crippen molar-refractivity contribution in [3.05, 3.63) is 51.0 Å². The van der Waals surface area contributed by atoms with Gasteiger partial charge in [0.25, 0.3) is 0 Å². The minimum absolute atomic E-state index is 0.0141. The van der Waals surface area contributed by atoms with Crippen molar-refractivity contribution in [2.24, 2.45) is 0 Å². The van der Waals surface area contributed by atoms with Gasteiger partial charge < -0.3 is 4.74 Å². The second-order valence-electron chi connectivity index (χ2n) is 3.79. The number of rotatable bonds is 5. The lowest BCUT2D eigenvalue weighted by molar-refractivity contribution is 0.0814. The molecule has 1 heterocycles. The first-order valence-corrected chi connectivity index (χ1v) is 6.07. The Morgan fingerprint density at radius 3 is 3.00 bits per heavy atom. The third-order valence-electron chi connectivity index (χ3n) is 2.58. The summed E-state index contributed by atoms with van der Waals surface area (Å²) in [5.74, 6) is -0.827. The maximum absolute atomic E-state index is 13.7. The van der Waals surface area contributed by atoms with Gasteiger partial charge in [-0.2, -0.15) is 0 Å². The quantitative estimate of drug-likeness (QED) is 0.845. The Hall–Kier alpha value is -1.66. The molecule has 19 heavy (non-hydrogen) atoms. The van der Waals surface area contributed by atoms with Crippen LogP contribution in [0.15, 0.2) is 27.5 Å². The van der Waals surface area contributed by atoms with Crippen LogP contribution in [0.1, 0.15) is 18.3 Å². The minimum Gasteiger partial charge on any atom is -0.361 e. The standard InChI is InChI=1S/C12H12ClFN2O3/c1-2-18-7-16-11(15-19-12(16)17)6-8-9(13)4-3-5-10(8)14/h3-5H,2,6-7H2,1H3. The zero-order valence-electron chi connectivity index (χ0n) is 10.2. The van der Waals surface area contributed by atoms with Crippen molar-refractivity contribution in [3.63, 3.8) is 0 Å². The number of ether oxygens (including phenoxy) is 1. The van der Waals surface area contributed by atoms with Crippen molar-refractivity contribution in [1.82, 2.24) is 9.72 Å². The van der Waals surface area contributed by atoms with Crippen molar-refractivity contribution < 1.29 is 13.7 Å². The minimum atomic E-state index is -0.643. The first-order valence-electron chi connectivity index (χ1n) is 5.69. The molecule has 1 aromatic carbocycles. The monoisotopic (exact) mass is 286 g/mol. The number of benzene rings is 1. The second-order valence-corrected chi connectivity index (χ2v) is 4.20. The Labute approximate surface area is 113 Å². The first-order chi connectivity index (χ1) is 9.13. The maximum Gasteiger partial charge on any atom is 0.443 e. The molecule has 0 aliphatic rings. The zero-order chi connectivity index (χ0) is 13.8. The van der Waals surface area contributed by atoms with Gasteiger partial charge in [0.1, 0.15) is 12.5 Å². The largest absolute Gasteiger partial charge is 0.443 e. The summed E-state index contributed by atoms with van der Waals surface area (Å²) < 4.78 is 24.6. The first kappa shape index (κ1) is 13.8. The molecule has 102 valence electrons. The van der Waals surface area contributed by atoms with Crippen LogP contribution in [-0.4, -0.2) is 16.3 Å². The summed E-state index contributed by atoms with van der Waals surface area (Å²) in [6, 6.07) is 4.38. The van der Waals surface area contributed by atoms with E-state index in [4.69, 9.17) is 16.3 Å². The van der Waals surface area contributed by atoms with Gasteiger partial charge in [0.2, 0.25) is 0 Å². The van der Waals surface area contributed by atoms with E-state index in [0.29, 0.717) is 6.61 Å². The lowest BCUT2D eigenvalue weighted by Gasteiger charge is -2.06. The molecule has 0 amide bonds. The molecule has 0 aliphatic heterocycles. The summed E-state index contributed by atoms with van der Waals surface area (Å²) in [6.45, 7) is 2.25. The van der Waals surface area contributed by atoms with Crippen LogP contribution in [0.2, 0.25) is 5.02 Å². The Kier molecular flexibility index (Phi) is 4.34. The van der Waals surface area contributed by atoms with Gasteiger partial charge in [-0.15, -0.1) is 0 Å². The molecule has 2 aromatic rings. The van der Waals surface area contributed by atoms with Crippen LogP contribution in [0, 0.1) is 5.82 Å². The molecule has 0 spiro atoms. The molecule has 0 aliphatic carbocycles. The van der Waals surface area contributed by atoms with Crippen molar-refractivity contribution in [3.8, 4) is 0 Å². The molecule has 7 heteroatoms. The van der Waals surface area contributed by atoms with E-state index in [1.54, 1.807) is 13.0 Å². The molecule has 5 nitrogen and oxygen atoms in total. The predicted molar refractivity (Wildman–Crippen MR) is 66.6 cm³/mol. The smallest absolute Gasteiger partial charge is 0.361 e. The van der Waals surface area contributed by atoms with Gasteiger partial charge in [-0.3, -0.25) is 4.52 Å². The summed E-state index contributed by atoms with van der Waals surface area (Å²) in [5.41, 5.74) is 0.266. The van der Waals surface area contributed by atoms with Crippen LogP contribution in [0.5, 0.6) is 0 Å². The highest BCUT2D eigenvalue weighted by molar-refractivity contribution is 6.31. The van der Waals surface area contributed by atoms with E-state index in [9.17, 15) is 9.18 Å². The van der Waals surface area contributed by atoms with Gasteiger partial charge in [-0.05, 0) is 19.1 Å². The second kappa shape index (κ2) is 5.99. The Morgan fingerprint density at radius 1 is 1.53 bits per heavy atom. The van der Waals surface area contributed by atoms with Crippen LogP contribution < -0.4 is 5.76 Å². The topological polar surface area (TPSA) is 57.3 Å². The molecular formula is C12H12ClFN2O3. The number of halogens is 2. The summed E-state index contributed by atoms with van der Waals surface area (Å²) in [6.07, 6.45) is 0.0598. The van der Waals surface area contributed by atoms with Crippen LogP contribution >= 0.6 is 11.6 Å². The van der Waals surface area contributed by atoms with E-state index in [1.807, 2.05) is 0 Å². The molecule has 0 atom stereocenters. The lowest BCUT2D eigenvalue weighted by Crippen LogP contribution is -2.19. The highest BCUT2D eigenvalue weighted by atomic mass is 35.5. The molecule has 0 unspecified atom stereocenters. The molecule has 1 aromatic heterocycles. The van der Waals surface area contributed by atoms with Gasteiger partial charge in [0.05, 0.1) is 0 Å². The van der Waals surface area contributed by atoms with Crippen molar-refractivity contribution in [2.45, 2.75) is 20.1 Å². The molecule has 0 fully saturated rings. The number of aromatic nitrogens is 2. The van der Waals surface area contributed by atoms with E-state index in [-0.39, 0.29) is 29.6 Å². The van der Waals surface area contributed by atoms with Gasteiger partial charge in [0.15, 0.2) is 5.82 Å². The number of hydrogen-bond acceptors (Lipinski definition) is 4. The maximum atomic E-state index is 13.7. The summed E-state index contributed by atoms with van der Waals surface area (Å²) in [5, 5.41) is 3.89. The Balaban J connectivity index is 2.31. The van der Waals surface area contributed by atoms with Gasteiger partial charge in [0, 0.05) is 23.6 Å². The normalized spacial score (nSPS) is 10.9. The van der Waals surface area contributed by atoms with Gasteiger partial charge in [-0.25, -0.2) is 13.8 Å². The highest BCUT2D eigenvalue weighted by Gasteiger charge is 2.15. The SMILES string of the molecule is CCOCn1c(Cc2c(F)cccc2Cl)noc1=O. The third-order valence-corrected chi connectivity index (χ3v) is 2.94. The van der Waals surface area contributed by atoms with Crippen LogP contribution in [0.4, 0.5) is 4.39 Å². The van der Waals surface area contributed by atoms with Gasteiger partial charge >= 0.3 is 5.76 Å². The zero-order valence-corrected chi connectivity index (χ0v) is 11.0. The fraction of sp³-hybridized carbons (Fsp3) is 0.333. The summed E-state index contributed by atoms with van der Waals surface area (Å²) >= 11 is 5.93. The van der Waals surface area contributed by atoms with E-state index in [1.165, 1.54) is 16.7 Å². The van der Waals surface area contributed by atoms with E-state index in [2.05, 4.69) is 9.68 Å². The Morgan fingerprint density at radius 2 is 2.32 bits per heavy atom. The predicted octanol–water partition coefficient (Wildman–Crippen LogP) is 2.21. The number of hydrogen-bond donors (Lipinski definition) is 0. The molecule has 0 saturated heterocycles.